The molecule has 94 valence electrons. The first-order chi connectivity index (χ1) is 8.31. The van der Waals surface area contributed by atoms with Crippen molar-refractivity contribution in [3.05, 3.63) is 16.6 Å². The number of carbonyl (C=O) groups is 1. The zero-order chi connectivity index (χ0) is 12.1. The van der Waals surface area contributed by atoms with Gasteiger partial charge in [0, 0.05) is 37.8 Å². The van der Waals surface area contributed by atoms with Crippen LogP contribution in [0, 0.1) is 0 Å². The summed E-state index contributed by atoms with van der Waals surface area (Å²) in [5.74, 6) is 0.108. The van der Waals surface area contributed by atoms with Gasteiger partial charge in [0.1, 0.15) is 11.0 Å². The smallest absolute Gasteiger partial charge is 0.238 e. The van der Waals surface area contributed by atoms with Gasteiger partial charge in [-0.3, -0.25) is 9.69 Å². The molecule has 1 unspecified atom stereocenters. The normalized spacial score (nSPS) is 21.4. The highest BCUT2D eigenvalue weighted by molar-refractivity contribution is 7.09. The Labute approximate surface area is 105 Å². The Hall–Kier alpha value is -0.980. The first-order valence-corrected chi connectivity index (χ1v) is 6.80. The fourth-order valence-corrected chi connectivity index (χ4v) is 2.63. The number of carbonyl (C=O) groups excluding carboxylic acids is 1. The van der Waals surface area contributed by atoms with Gasteiger partial charge in [-0.2, -0.15) is 0 Å². The first-order valence-electron chi connectivity index (χ1n) is 5.92. The molecule has 1 aromatic heterocycles. The van der Waals surface area contributed by atoms with Crippen molar-refractivity contribution < 1.29 is 4.79 Å². The summed E-state index contributed by atoms with van der Waals surface area (Å²) in [4.78, 5) is 18.4. The minimum absolute atomic E-state index is 0.0763. The Morgan fingerprint density at radius 3 is 3.35 bits per heavy atom. The van der Waals surface area contributed by atoms with Crippen molar-refractivity contribution in [1.29, 1.82) is 0 Å². The van der Waals surface area contributed by atoms with Crippen LogP contribution in [0.25, 0.3) is 0 Å². The van der Waals surface area contributed by atoms with Crippen LogP contribution in [0.1, 0.15) is 11.9 Å². The van der Waals surface area contributed by atoms with E-state index in [1.54, 1.807) is 11.3 Å². The summed E-state index contributed by atoms with van der Waals surface area (Å²) in [5.41, 5.74) is 0. The Morgan fingerprint density at radius 1 is 1.76 bits per heavy atom. The lowest BCUT2D eigenvalue weighted by atomic mass is 10.2. The predicted octanol–water partition coefficient (Wildman–Crippen LogP) is 0.0530. The highest BCUT2D eigenvalue weighted by Gasteiger charge is 2.28. The van der Waals surface area contributed by atoms with E-state index in [1.165, 1.54) is 0 Å². The van der Waals surface area contributed by atoms with Crippen LogP contribution in [0.15, 0.2) is 11.6 Å². The molecular formula is C11H18N4OS. The van der Waals surface area contributed by atoms with Gasteiger partial charge < -0.3 is 10.6 Å². The van der Waals surface area contributed by atoms with Crippen molar-refractivity contribution >= 4 is 17.2 Å². The lowest BCUT2D eigenvalue weighted by molar-refractivity contribution is -0.127. The number of nitrogens with zero attached hydrogens (tertiary/aromatic N) is 2. The minimum Gasteiger partial charge on any atom is -0.355 e. The van der Waals surface area contributed by atoms with E-state index in [2.05, 4.69) is 20.5 Å². The van der Waals surface area contributed by atoms with Crippen molar-refractivity contribution in [2.24, 2.45) is 0 Å². The summed E-state index contributed by atoms with van der Waals surface area (Å²) < 4.78 is 0. The zero-order valence-corrected chi connectivity index (χ0v) is 10.8. The molecule has 17 heavy (non-hydrogen) atoms. The van der Waals surface area contributed by atoms with Crippen LogP contribution in [-0.2, 0) is 11.3 Å². The molecule has 1 saturated heterocycles. The second kappa shape index (κ2) is 6.09. The fraction of sp³-hybridized carbons (Fsp3) is 0.636. The molecule has 0 aromatic carbocycles. The van der Waals surface area contributed by atoms with Crippen LogP contribution in [0.2, 0.25) is 0 Å². The third kappa shape index (κ3) is 3.24. The molecule has 1 amide bonds. The lowest BCUT2D eigenvalue weighted by Gasteiger charge is -2.34. The molecule has 1 atom stereocenters. The molecule has 0 bridgehead atoms. The maximum Gasteiger partial charge on any atom is 0.238 e. The fourth-order valence-electron chi connectivity index (χ4n) is 1.99. The van der Waals surface area contributed by atoms with E-state index < -0.39 is 0 Å². The van der Waals surface area contributed by atoms with Gasteiger partial charge in [0.15, 0.2) is 0 Å². The number of nitrogens with one attached hydrogen (secondary N) is 2. The van der Waals surface area contributed by atoms with Crippen molar-refractivity contribution in [2.75, 3.05) is 26.2 Å². The van der Waals surface area contributed by atoms with Crippen LogP contribution < -0.4 is 10.6 Å². The van der Waals surface area contributed by atoms with Gasteiger partial charge in [-0.15, -0.1) is 11.3 Å². The van der Waals surface area contributed by atoms with Crippen LogP contribution >= 0.6 is 11.3 Å². The lowest BCUT2D eigenvalue weighted by Crippen LogP contribution is -2.57. The van der Waals surface area contributed by atoms with E-state index in [4.69, 9.17) is 0 Å². The molecule has 2 heterocycles. The monoisotopic (exact) mass is 254 g/mol. The standard InChI is InChI=1S/C11H18N4OS/c1-2-13-11(16)9-7-12-3-5-15(9)8-10-14-4-6-17-10/h4,6,9,12H,2-3,5,7-8H2,1H3,(H,13,16). The highest BCUT2D eigenvalue weighted by atomic mass is 32.1. The van der Waals surface area contributed by atoms with Crippen LogP contribution in [0.4, 0.5) is 0 Å². The average molecular weight is 254 g/mol. The van der Waals surface area contributed by atoms with Crippen molar-refractivity contribution in [1.82, 2.24) is 20.5 Å². The molecule has 1 aliphatic heterocycles. The number of piperazine rings is 1. The van der Waals surface area contributed by atoms with Gasteiger partial charge in [-0.25, -0.2) is 4.98 Å². The Kier molecular flexibility index (Phi) is 4.47. The number of aromatic nitrogens is 1. The maximum atomic E-state index is 11.9. The highest BCUT2D eigenvalue weighted by Crippen LogP contribution is 2.12. The molecule has 5 nitrogen and oxygen atoms in total. The average Bonchev–Trinajstić information content (AvgIpc) is 2.83. The number of amides is 1. The number of rotatable bonds is 4. The molecule has 1 fully saturated rings. The number of likely N-dealkylation sites (N-methyl/N-ethyl adjacent to an activating group) is 1. The quantitative estimate of drug-likeness (QED) is 0.797. The Bertz CT molecular complexity index is 354. The van der Waals surface area contributed by atoms with Gasteiger partial charge >= 0.3 is 0 Å². The van der Waals surface area contributed by atoms with Crippen molar-refractivity contribution in [3.63, 3.8) is 0 Å². The maximum absolute atomic E-state index is 11.9. The van der Waals surface area contributed by atoms with E-state index in [-0.39, 0.29) is 11.9 Å². The van der Waals surface area contributed by atoms with E-state index in [0.717, 1.165) is 31.2 Å². The Morgan fingerprint density at radius 2 is 2.65 bits per heavy atom. The number of hydrogen-bond acceptors (Lipinski definition) is 5. The third-order valence-corrected chi connectivity index (χ3v) is 3.59. The third-order valence-electron chi connectivity index (χ3n) is 2.83. The molecule has 1 aliphatic rings. The predicted molar refractivity (Wildman–Crippen MR) is 67.9 cm³/mol. The van der Waals surface area contributed by atoms with Gasteiger partial charge in [-0.05, 0) is 6.92 Å². The van der Waals surface area contributed by atoms with E-state index in [0.29, 0.717) is 6.54 Å². The molecule has 0 spiro atoms. The summed E-state index contributed by atoms with van der Waals surface area (Å²) in [6.45, 7) is 5.93. The largest absolute Gasteiger partial charge is 0.355 e. The van der Waals surface area contributed by atoms with Gasteiger partial charge in [0.2, 0.25) is 5.91 Å². The van der Waals surface area contributed by atoms with E-state index >= 15 is 0 Å². The van der Waals surface area contributed by atoms with Crippen molar-refractivity contribution in [2.45, 2.75) is 19.5 Å². The minimum atomic E-state index is -0.0763. The SMILES string of the molecule is CCNC(=O)C1CNCCN1Cc1nccs1. The summed E-state index contributed by atoms with van der Waals surface area (Å²) in [6, 6.07) is -0.0763. The van der Waals surface area contributed by atoms with E-state index in [9.17, 15) is 4.79 Å². The molecule has 0 aliphatic carbocycles. The van der Waals surface area contributed by atoms with Crippen LogP contribution in [0.5, 0.6) is 0 Å². The van der Waals surface area contributed by atoms with Crippen LogP contribution in [-0.4, -0.2) is 48.0 Å². The summed E-state index contributed by atoms with van der Waals surface area (Å²) in [5, 5.41) is 9.19. The molecule has 2 rings (SSSR count). The molecule has 2 N–H and O–H groups in total. The van der Waals surface area contributed by atoms with Gasteiger partial charge in [0.05, 0.1) is 6.54 Å². The molecule has 0 radical (unpaired) electrons. The molecule has 0 saturated carbocycles. The summed E-state index contributed by atoms with van der Waals surface area (Å²) in [6.07, 6.45) is 1.81. The zero-order valence-electron chi connectivity index (χ0n) is 9.98. The van der Waals surface area contributed by atoms with Gasteiger partial charge in [0.25, 0.3) is 0 Å². The number of hydrogen-bond donors (Lipinski definition) is 2. The number of thiazole rings is 1. The molecule has 1 aromatic rings. The van der Waals surface area contributed by atoms with E-state index in [1.807, 2.05) is 18.5 Å². The second-order valence-electron chi connectivity index (χ2n) is 4.01. The topological polar surface area (TPSA) is 57.3 Å². The second-order valence-corrected chi connectivity index (χ2v) is 4.99. The summed E-state index contributed by atoms with van der Waals surface area (Å²) >= 11 is 1.64. The molecular weight excluding hydrogens is 236 g/mol. The van der Waals surface area contributed by atoms with Crippen LogP contribution in [0.3, 0.4) is 0 Å². The summed E-state index contributed by atoms with van der Waals surface area (Å²) in [7, 11) is 0. The Balaban J connectivity index is 1.99. The molecule has 6 heteroatoms. The first kappa shape index (κ1) is 12.5. The van der Waals surface area contributed by atoms with Crippen molar-refractivity contribution in [3.8, 4) is 0 Å². The van der Waals surface area contributed by atoms with Gasteiger partial charge in [-0.1, -0.05) is 0 Å².